The maximum atomic E-state index is 13.6. The number of aromatic nitrogens is 3. The molecule has 0 aliphatic heterocycles. The minimum absolute atomic E-state index is 0.0817. The van der Waals surface area contributed by atoms with Crippen molar-refractivity contribution in [3.63, 3.8) is 0 Å². The second-order valence-electron chi connectivity index (χ2n) is 7.03. The summed E-state index contributed by atoms with van der Waals surface area (Å²) < 4.78 is 40.1. The van der Waals surface area contributed by atoms with Gasteiger partial charge in [-0.2, -0.15) is 9.37 Å². The van der Waals surface area contributed by atoms with Gasteiger partial charge >= 0.3 is 0 Å². The molecule has 3 N–H and O–H groups in total. The van der Waals surface area contributed by atoms with Crippen molar-refractivity contribution in [3.05, 3.63) is 30.3 Å². The van der Waals surface area contributed by atoms with E-state index in [0.29, 0.717) is 29.9 Å². The first-order valence-corrected chi connectivity index (χ1v) is 9.39. The molecular weight excluding hydrogens is 371 g/mol. The van der Waals surface area contributed by atoms with Crippen molar-refractivity contribution >= 4 is 11.8 Å². The molecule has 0 aromatic carbocycles. The van der Waals surface area contributed by atoms with Gasteiger partial charge < -0.3 is 15.7 Å². The van der Waals surface area contributed by atoms with E-state index < -0.39 is 18.3 Å². The van der Waals surface area contributed by atoms with Crippen molar-refractivity contribution < 1.29 is 18.3 Å². The fraction of sp³-hybridized carbons (Fsp3) is 0.526. The third-order valence-electron chi connectivity index (χ3n) is 4.77. The molecule has 0 spiro atoms. The van der Waals surface area contributed by atoms with E-state index in [4.69, 9.17) is 0 Å². The number of hydrogen-bond acceptors (Lipinski definition) is 6. The van der Waals surface area contributed by atoms with Crippen molar-refractivity contribution in [3.8, 4) is 11.3 Å². The number of hydrogen-bond donors (Lipinski definition) is 3. The average molecular weight is 395 g/mol. The summed E-state index contributed by atoms with van der Waals surface area (Å²) >= 11 is 0. The Kier molecular flexibility index (Phi) is 6.66. The second-order valence-corrected chi connectivity index (χ2v) is 7.03. The van der Waals surface area contributed by atoms with E-state index in [0.717, 1.165) is 19.8 Å². The topological polar surface area (TPSA) is 83.0 Å². The third kappa shape index (κ3) is 5.31. The molecule has 28 heavy (non-hydrogen) atoms. The van der Waals surface area contributed by atoms with Crippen LogP contribution >= 0.6 is 0 Å². The largest absolute Gasteiger partial charge is 0.393 e. The highest BCUT2D eigenvalue weighted by Crippen LogP contribution is 2.29. The molecule has 2 heterocycles. The Labute approximate surface area is 161 Å². The number of anilines is 2. The van der Waals surface area contributed by atoms with Gasteiger partial charge in [0.05, 0.1) is 23.9 Å². The summed E-state index contributed by atoms with van der Waals surface area (Å²) in [5, 5.41) is 15.7. The van der Waals surface area contributed by atoms with E-state index in [1.54, 1.807) is 12.1 Å². The number of aliphatic hydroxyl groups is 1. The molecule has 152 valence electrons. The van der Waals surface area contributed by atoms with E-state index in [1.807, 2.05) is 0 Å². The summed E-state index contributed by atoms with van der Waals surface area (Å²) in [7, 11) is 0. The van der Waals surface area contributed by atoms with Crippen LogP contribution < -0.4 is 10.6 Å². The monoisotopic (exact) mass is 395 g/mol. The molecule has 0 unspecified atom stereocenters. The molecule has 9 heteroatoms. The van der Waals surface area contributed by atoms with Gasteiger partial charge in [0.2, 0.25) is 11.9 Å². The van der Waals surface area contributed by atoms with Crippen LogP contribution in [0.3, 0.4) is 0 Å². The minimum Gasteiger partial charge on any atom is -0.393 e. The van der Waals surface area contributed by atoms with Gasteiger partial charge in [-0.3, -0.25) is 0 Å². The summed E-state index contributed by atoms with van der Waals surface area (Å²) in [6.45, 7) is 0.890. The SMILES string of the molecule is C[C@H](F)[C@H](F)CNc1ncc(-c2cccc(F)n2)c(NC2CCC(O)CC2)n1. The van der Waals surface area contributed by atoms with Crippen molar-refractivity contribution in [1.82, 2.24) is 15.0 Å². The third-order valence-corrected chi connectivity index (χ3v) is 4.77. The number of nitrogens with one attached hydrogen (secondary N) is 2. The first-order valence-electron chi connectivity index (χ1n) is 9.39. The Hall–Kier alpha value is -2.42. The number of pyridine rings is 1. The molecule has 1 fully saturated rings. The van der Waals surface area contributed by atoms with Crippen LogP contribution in [0.25, 0.3) is 11.3 Å². The molecule has 3 rings (SSSR count). The molecule has 0 bridgehead atoms. The molecule has 1 aliphatic rings. The normalized spacial score (nSPS) is 21.8. The van der Waals surface area contributed by atoms with Crippen molar-refractivity contribution in [1.29, 1.82) is 0 Å². The zero-order chi connectivity index (χ0) is 20.1. The standard InChI is InChI=1S/C19H24F3N5O/c1-11(20)15(21)10-24-19-23-9-14(16-3-2-4-17(22)26-16)18(27-19)25-12-5-7-13(28)8-6-12/h2-4,9,11-13,15,28H,5-8,10H2,1H3,(H2,23,24,25,27)/t11-,12?,13?,15+/m0/s1. The zero-order valence-electron chi connectivity index (χ0n) is 15.6. The van der Waals surface area contributed by atoms with Crippen molar-refractivity contribution in [2.75, 3.05) is 17.2 Å². The quantitative estimate of drug-likeness (QED) is 0.623. The number of halogens is 3. The molecule has 0 saturated heterocycles. The highest BCUT2D eigenvalue weighted by Gasteiger charge is 2.22. The maximum Gasteiger partial charge on any atom is 0.224 e. The first-order chi connectivity index (χ1) is 13.4. The summed E-state index contributed by atoms with van der Waals surface area (Å²) in [5.41, 5.74) is 0.873. The Balaban J connectivity index is 1.83. The predicted molar refractivity (Wildman–Crippen MR) is 101 cm³/mol. The molecule has 2 atom stereocenters. The van der Waals surface area contributed by atoms with Gasteiger partial charge in [-0.05, 0) is 44.7 Å². The van der Waals surface area contributed by atoms with Crippen molar-refractivity contribution in [2.24, 2.45) is 0 Å². The highest BCUT2D eigenvalue weighted by atomic mass is 19.2. The van der Waals surface area contributed by atoms with Crippen LogP contribution in [-0.4, -0.2) is 51.1 Å². The fourth-order valence-electron chi connectivity index (χ4n) is 3.09. The van der Waals surface area contributed by atoms with Gasteiger partial charge in [0.15, 0.2) is 0 Å². The molecule has 1 aliphatic carbocycles. The van der Waals surface area contributed by atoms with E-state index in [2.05, 4.69) is 25.6 Å². The van der Waals surface area contributed by atoms with Gasteiger partial charge in [0, 0.05) is 12.2 Å². The molecular formula is C19H24F3N5O. The molecule has 2 aromatic rings. The number of rotatable bonds is 7. The van der Waals surface area contributed by atoms with Crippen LogP contribution in [0.2, 0.25) is 0 Å². The number of aliphatic hydroxyl groups excluding tert-OH is 1. The average Bonchev–Trinajstić information content (AvgIpc) is 2.68. The van der Waals surface area contributed by atoms with Gasteiger partial charge in [0.25, 0.3) is 0 Å². The van der Waals surface area contributed by atoms with Crippen LogP contribution in [0.1, 0.15) is 32.6 Å². The predicted octanol–water partition coefficient (Wildman–Crippen LogP) is 3.50. The Morgan fingerprint density at radius 1 is 1.18 bits per heavy atom. The minimum atomic E-state index is -1.68. The lowest BCUT2D eigenvalue weighted by Gasteiger charge is -2.27. The fourth-order valence-corrected chi connectivity index (χ4v) is 3.09. The number of alkyl halides is 2. The summed E-state index contributed by atoms with van der Waals surface area (Å²) in [5.74, 6) is -0.0499. The van der Waals surface area contributed by atoms with Gasteiger partial charge in [0.1, 0.15) is 18.2 Å². The lowest BCUT2D eigenvalue weighted by molar-refractivity contribution is 0.126. The lowest BCUT2D eigenvalue weighted by Crippen LogP contribution is -2.29. The maximum absolute atomic E-state index is 13.6. The molecule has 2 aromatic heterocycles. The van der Waals surface area contributed by atoms with Gasteiger partial charge in [-0.15, -0.1) is 0 Å². The van der Waals surface area contributed by atoms with Crippen LogP contribution in [0.4, 0.5) is 24.9 Å². The van der Waals surface area contributed by atoms with E-state index in [-0.39, 0.29) is 24.6 Å². The van der Waals surface area contributed by atoms with Gasteiger partial charge in [-0.1, -0.05) is 6.07 Å². The molecule has 0 amide bonds. The van der Waals surface area contributed by atoms with E-state index in [1.165, 1.54) is 12.3 Å². The van der Waals surface area contributed by atoms with Crippen LogP contribution in [-0.2, 0) is 0 Å². The van der Waals surface area contributed by atoms with E-state index in [9.17, 15) is 18.3 Å². The Morgan fingerprint density at radius 3 is 2.61 bits per heavy atom. The van der Waals surface area contributed by atoms with E-state index >= 15 is 0 Å². The molecule has 0 radical (unpaired) electrons. The Morgan fingerprint density at radius 2 is 1.93 bits per heavy atom. The summed E-state index contributed by atoms with van der Waals surface area (Å²) in [6.07, 6.45) is 0.779. The van der Waals surface area contributed by atoms with Crippen molar-refractivity contribution in [2.45, 2.75) is 57.1 Å². The first kappa shape index (κ1) is 20.3. The summed E-state index contributed by atoms with van der Waals surface area (Å²) in [6, 6.07) is 4.52. The Bertz CT molecular complexity index is 784. The zero-order valence-corrected chi connectivity index (χ0v) is 15.6. The highest BCUT2D eigenvalue weighted by molar-refractivity contribution is 5.72. The second kappa shape index (κ2) is 9.18. The van der Waals surface area contributed by atoms with Crippen LogP contribution in [0, 0.1) is 5.95 Å². The van der Waals surface area contributed by atoms with Crippen LogP contribution in [0.5, 0.6) is 0 Å². The summed E-state index contributed by atoms with van der Waals surface area (Å²) in [4.78, 5) is 12.4. The smallest absolute Gasteiger partial charge is 0.224 e. The van der Waals surface area contributed by atoms with Gasteiger partial charge in [-0.25, -0.2) is 18.7 Å². The molecule has 6 nitrogen and oxygen atoms in total. The number of nitrogens with zero attached hydrogens (tertiary/aromatic N) is 3. The van der Waals surface area contributed by atoms with Crippen LogP contribution in [0.15, 0.2) is 24.4 Å². The molecule has 1 saturated carbocycles. The lowest BCUT2D eigenvalue weighted by atomic mass is 9.93.